The van der Waals surface area contributed by atoms with E-state index in [0.29, 0.717) is 6.54 Å². The lowest BCUT2D eigenvalue weighted by Gasteiger charge is -2.20. The van der Waals surface area contributed by atoms with Gasteiger partial charge in [-0.15, -0.1) is 0 Å². The maximum atomic E-state index is 8.89. The van der Waals surface area contributed by atoms with Gasteiger partial charge in [-0.25, -0.2) is 9.97 Å². The number of aromatic nitrogens is 2. The van der Waals surface area contributed by atoms with Gasteiger partial charge in [-0.3, -0.25) is 4.90 Å². The molecular formula is C14H23N5. The fourth-order valence-corrected chi connectivity index (χ4v) is 1.91. The second-order valence-corrected chi connectivity index (χ2v) is 4.70. The molecule has 5 heteroatoms. The van der Waals surface area contributed by atoms with Crippen LogP contribution in [-0.2, 0) is 6.54 Å². The van der Waals surface area contributed by atoms with Crippen LogP contribution in [0.3, 0.4) is 0 Å². The third kappa shape index (κ3) is 5.23. The van der Waals surface area contributed by atoms with Crippen molar-refractivity contribution in [2.75, 3.05) is 25.0 Å². The van der Waals surface area contributed by atoms with Gasteiger partial charge in [0.05, 0.1) is 18.5 Å². The van der Waals surface area contributed by atoms with Crippen LogP contribution in [-0.4, -0.2) is 34.5 Å². The predicted octanol–water partition coefficient (Wildman–Crippen LogP) is 2.20. The first-order chi connectivity index (χ1) is 9.08. The molecule has 0 saturated heterocycles. The van der Waals surface area contributed by atoms with Gasteiger partial charge in [-0.2, -0.15) is 5.26 Å². The predicted molar refractivity (Wildman–Crippen MR) is 76.7 cm³/mol. The highest BCUT2D eigenvalue weighted by molar-refractivity contribution is 5.35. The molecule has 0 fully saturated rings. The molecule has 0 amide bonds. The lowest BCUT2D eigenvalue weighted by molar-refractivity contribution is 0.254. The van der Waals surface area contributed by atoms with E-state index in [9.17, 15) is 0 Å². The van der Waals surface area contributed by atoms with E-state index in [-0.39, 0.29) is 5.92 Å². The molecule has 5 nitrogen and oxygen atoms in total. The molecule has 1 N–H and O–H groups in total. The van der Waals surface area contributed by atoms with Crippen LogP contribution < -0.4 is 5.32 Å². The topological polar surface area (TPSA) is 64.8 Å². The summed E-state index contributed by atoms with van der Waals surface area (Å²) in [5.41, 5.74) is 0.963. The van der Waals surface area contributed by atoms with Gasteiger partial charge in [0.15, 0.2) is 0 Å². The molecule has 19 heavy (non-hydrogen) atoms. The Labute approximate surface area is 115 Å². The van der Waals surface area contributed by atoms with Crippen molar-refractivity contribution in [1.82, 2.24) is 14.9 Å². The Hall–Kier alpha value is -1.67. The lowest BCUT2D eigenvalue weighted by Crippen LogP contribution is -2.28. The average molecular weight is 261 g/mol. The van der Waals surface area contributed by atoms with Crippen LogP contribution in [0.25, 0.3) is 0 Å². The number of hydrogen-bond donors (Lipinski definition) is 1. The number of anilines is 1. The zero-order valence-electron chi connectivity index (χ0n) is 12.3. The Morgan fingerprint density at radius 3 is 2.74 bits per heavy atom. The van der Waals surface area contributed by atoms with Crippen LogP contribution in [0.1, 0.15) is 32.3 Å². The van der Waals surface area contributed by atoms with Crippen molar-refractivity contribution < 1.29 is 0 Å². The second kappa shape index (κ2) is 7.70. The third-order valence-electron chi connectivity index (χ3n) is 2.82. The quantitative estimate of drug-likeness (QED) is 0.815. The number of aryl methyl sites for hydroxylation is 1. The van der Waals surface area contributed by atoms with Crippen molar-refractivity contribution in [3.8, 4) is 6.07 Å². The van der Waals surface area contributed by atoms with Gasteiger partial charge in [-0.1, -0.05) is 6.92 Å². The molecule has 1 rings (SSSR count). The van der Waals surface area contributed by atoms with E-state index in [1.807, 2.05) is 26.8 Å². The number of rotatable bonds is 7. The molecule has 0 aliphatic carbocycles. The van der Waals surface area contributed by atoms with Crippen LogP contribution in [0.15, 0.2) is 6.07 Å². The standard InChI is InChI=1S/C14H23N5/c1-5-16-13-7-12(4)17-14(18-13)10-19(6-2)9-11(3)8-15/h7,11H,5-6,9-10H2,1-4H3,(H,16,17,18). The summed E-state index contributed by atoms with van der Waals surface area (Å²) in [6, 6.07) is 4.21. The minimum absolute atomic E-state index is 0.0259. The van der Waals surface area contributed by atoms with E-state index in [4.69, 9.17) is 5.26 Å². The first-order valence-corrected chi connectivity index (χ1v) is 6.79. The van der Waals surface area contributed by atoms with Gasteiger partial charge in [-0.05, 0) is 27.3 Å². The van der Waals surface area contributed by atoms with E-state index in [1.54, 1.807) is 0 Å². The Bertz CT molecular complexity index is 438. The SMILES string of the molecule is CCNc1cc(C)nc(CN(CC)CC(C)C#N)n1. The van der Waals surface area contributed by atoms with Crippen molar-refractivity contribution in [2.24, 2.45) is 5.92 Å². The second-order valence-electron chi connectivity index (χ2n) is 4.70. The van der Waals surface area contributed by atoms with E-state index in [2.05, 4.69) is 33.2 Å². The molecule has 1 aromatic rings. The highest BCUT2D eigenvalue weighted by atomic mass is 15.2. The first kappa shape index (κ1) is 15.4. The van der Waals surface area contributed by atoms with E-state index in [1.165, 1.54) is 0 Å². The molecule has 0 saturated carbocycles. The third-order valence-corrected chi connectivity index (χ3v) is 2.82. The number of nitrogens with zero attached hydrogens (tertiary/aromatic N) is 4. The zero-order chi connectivity index (χ0) is 14.3. The van der Waals surface area contributed by atoms with Gasteiger partial charge >= 0.3 is 0 Å². The van der Waals surface area contributed by atoms with Crippen LogP contribution >= 0.6 is 0 Å². The van der Waals surface area contributed by atoms with Crippen LogP contribution in [0.4, 0.5) is 5.82 Å². The molecule has 0 radical (unpaired) electrons. The van der Waals surface area contributed by atoms with Crippen molar-refractivity contribution in [3.05, 3.63) is 17.6 Å². The Balaban J connectivity index is 2.76. The van der Waals surface area contributed by atoms with Crippen LogP contribution in [0, 0.1) is 24.2 Å². The summed E-state index contributed by atoms with van der Waals surface area (Å²) in [6.07, 6.45) is 0. The zero-order valence-corrected chi connectivity index (χ0v) is 12.3. The molecule has 1 atom stereocenters. The fourth-order valence-electron chi connectivity index (χ4n) is 1.91. The fraction of sp³-hybridized carbons (Fsp3) is 0.643. The lowest BCUT2D eigenvalue weighted by atomic mass is 10.2. The maximum Gasteiger partial charge on any atom is 0.144 e. The minimum atomic E-state index is 0.0259. The summed E-state index contributed by atoms with van der Waals surface area (Å²) >= 11 is 0. The summed E-state index contributed by atoms with van der Waals surface area (Å²) in [5.74, 6) is 1.70. The van der Waals surface area contributed by atoms with E-state index in [0.717, 1.165) is 37.0 Å². The molecule has 0 bridgehead atoms. The van der Waals surface area contributed by atoms with E-state index >= 15 is 0 Å². The van der Waals surface area contributed by atoms with Crippen molar-refractivity contribution in [2.45, 2.75) is 34.2 Å². The summed E-state index contributed by atoms with van der Waals surface area (Å²) in [5, 5.41) is 12.1. The smallest absolute Gasteiger partial charge is 0.144 e. The molecule has 1 heterocycles. The van der Waals surface area contributed by atoms with Crippen molar-refractivity contribution in [3.63, 3.8) is 0 Å². The number of nitriles is 1. The van der Waals surface area contributed by atoms with Gasteiger partial charge in [0.25, 0.3) is 0 Å². The van der Waals surface area contributed by atoms with Gasteiger partial charge in [0.1, 0.15) is 11.6 Å². The largest absolute Gasteiger partial charge is 0.370 e. The molecule has 0 aliphatic rings. The van der Waals surface area contributed by atoms with Crippen molar-refractivity contribution in [1.29, 1.82) is 5.26 Å². The molecule has 104 valence electrons. The Morgan fingerprint density at radius 1 is 1.42 bits per heavy atom. The normalized spacial score (nSPS) is 12.2. The maximum absolute atomic E-state index is 8.89. The van der Waals surface area contributed by atoms with Gasteiger partial charge in [0.2, 0.25) is 0 Å². The number of nitrogens with one attached hydrogen (secondary N) is 1. The summed E-state index contributed by atoms with van der Waals surface area (Å²) in [6.45, 7) is 11.2. The summed E-state index contributed by atoms with van der Waals surface area (Å²) in [4.78, 5) is 11.2. The highest BCUT2D eigenvalue weighted by Gasteiger charge is 2.11. The first-order valence-electron chi connectivity index (χ1n) is 6.79. The molecule has 0 aromatic carbocycles. The average Bonchev–Trinajstić information content (AvgIpc) is 2.37. The molecule has 1 unspecified atom stereocenters. The summed E-state index contributed by atoms with van der Waals surface area (Å²) < 4.78 is 0. The molecule has 1 aromatic heterocycles. The minimum Gasteiger partial charge on any atom is -0.370 e. The van der Waals surface area contributed by atoms with Crippen LogP contribution in [0.2, 0.25) is 0 Å². The summed E-state index contributed by atoms with van der Waals surface area (Å²) in [7, 11) is 0. The molecule has 0 spiro atoms. The van der Waals surface area contributed by atoms with Gasteiger partial charge in [0, 0.05) is 24.8 Å². The Kier molecular flexibility index (Phi) is 6.23. The van der Waals surface area contributed by atoms with Gasteiger partial charge < -0.3 is 5.32 Å². The van der Waals surface area contributed by atoms with E-state index < -0.39 is 0 Å². The Morgan fingerprint density at radius 2 is 2.16 bits per heavy atom. The van der Waals surface area contributed by atoms with Crippen molar-refractivity contribution >= 4 is 5.82 Å². The molecular weight excluding hydrogens is 238 g/mol. The van der Waals surface area contributed by atoms with Crippen LogP contribution in [0.5, 0.6) is 0 Å². The molecule has 0 aliphatic heterocycles. The number of hydrogen-bond acceptors (Lipinski definition) is 5. The monoisotopic (exact) mass is 261 g/mol. The highest BCUT2D eigenvalue weighted by Crippen LogP contribution is 2.09.